The molecule has 0 saturated carbocycles. The summed E-state index contributed by atoms with van der Waals surface area (Å²) in [4.78, 5) is 4.15. The van der Waals surface area contributed by atoms with Gasteiger partial charge in [-0.1, -0.05) is 89.3 Å². The average molecular weight is 484 g/mol. The lowest BCUT2D eigenvalue weighted by molar-refractivity contribution is 0.589. The third-order valence-electron chi connectivity index (χ3n) is 6.32. The van der Waals surface area contributed by atoms with Crippen LogP contribution in [0.3, 0.4) is 0 Å². The third-order valence-corrected chi connectivity index (χ3v) is 6.32. The summed E-state index contributed by atoms with van der Waals surface area (Å²) < 4.78 is 3.77. The Balaban J connectivity index is 1.09. The number of hydrogen-bond donors (Lipinski definition) is 0. The van der Waals surface area contributed by atoms with E-state index in [1.807, 2.05) is 46.0 Å². The minimum atomic E-state index is 0.667. The zero-order valence-corrected chi connectivity index (χ0v) is 20.2. The van der Waals surface area contributed by atoms with E-state index in [-0.39, 0.29) is 0 Å². The van der Waals surface area contributed by atoms with Crippen LogP contribution in [0.25, 0.3) is 33.6 Å². The van der Waals surface area contributed by atoms with E-state index in [0.717, 1.165) is 41.0 Å². The fraction of sp³-hybridized carbons (Fsp3) is 0.100. The molecule has 0 N–H and O–H groups in total. The van der Waals surface area contributed by atoms with Crippen LogP contribution in [0.4, 0.5) is 0 Å². The Morgan fingerprint density at radius 1 is 0.568 bits per heavy atom. The van der Waals surface area contributed by atoms with E-state index in [4.69, 9.17) is 0 Å². The van der Waals surface area contributed by atoms with Crippen LogP contribution in [0.2, 0.25) is 0 Å². The van der Waals surface area contributed by atoms with Gasteiger partial charge < -0.3 is 0 Å². The van der Waals surface area contributed by atoms with E-state index in [9.17, 15) is 0 Å². The molecule has 6 rings (SSSR count). The highest BCUT2D eigenvalue weighted by molar-refractivity contribution is 5.81. The van der Waals surface area contributed by atoms with Gasteiger partial charge in [0.2, 0.25) is 0 Å². The highest BCUT2D eigenvalue weighted by Gasteiger charge is 2.11. The van der Waals surface area contributed by atoms with Gasteiger partial charge in [-0.15, -0.1) is 10.2 Å². The van der Waals surface area contributed by atoms with Gasteiger partial charge in [0.1, 0.15) is 11.4 Å². The molecule has 7 nitrogen and oxygen atoms in total. The van der Waals surface area contributed by atoms with Crippen LogP contribution in [0.15, 0.2) is 116 Å². The Labute approximate surface area is 215 Å². The molecule has 0 amide bonds. The number of benzene rings is 3. The number of nitrogens with zero attached hydrogens (tertiary/aromatic N) is 7. The van der Waals surface area contributed by atoms with Gasteiger partial charge >= 0.3 is 0 Å². The van der Waals surface area contributed by atoms with Crippen molar-refractivity contribution in [1.82, 2.24) is 35.0 Å². The summed E-state index contributed by atoms with van der Waals surface area (Å²) in [5.74, 6) is 0. The van der Waals surface area contributed by atoms with Crippen LogP contribution >= 0.6 is 0 Å². The third kappa shape index (κ3) is 5.21. The zero-order chi connectivity index (χ0) is 24.9. The summed E-state index contributed by atoms with van der Waals surface area (Å²) in [5, 5.41) is 17.4. The van der Waals surface area contributed by atoms with Crippen molar-refractivity contribution in [2.24, 2.45) is 0 Å². The maximum Gasteiger partial charge on any atom is 0.114 e. The Hall–Kier alpha value is -4.91. The smallest absolute Gasteiger partial charge is 0.114 e. The molecule has 0 atom stereocenters. The van der Waals surface area contributed by atoms with Gasteiger partial charge in [0.25, 0.3) is 0 Å². The molecule has 180 valence electrons. The van der Waals surface area contributed by atoms with Crippen molar-refractivity contribution in [2.75, 3.05) is 0 Å². The van der Waals surface area contributed by atoms with E-state index in [0.29, 0.717) is 6.54 Å². The second-order valence-corrected chi connectivity index (χ2v) is 8.89. The van der Waals surface area contributed by atoms with E-state index in [1.54, 1.807) is 12.4 Å². The normalized spacial score (nSPS) is 11.0. The Morgan fingerprint density at radius 3 is 2.05 bits per heavy atom. The Bertz CT molecular complexity index is 1590. The summed E-state index contributed by atoms with van der Waals surface area (Å²) in [5.41, 5.74) is 8.51. The molecule has 7 heteroatoms. The number of hydrogen-bond acceptors (Lipinski definition) is 5. The monoisotopic (exact) mass is 483 g/mol. The largest absolute Gasteiger partial charge is 0.264 e. The Morgan fingerprint density at radius 2 is 1.24 bits per heavy atom. The van der Waals surface area contributed by atoms with Crippen LogP contribution in [-0.4, -0.2) is 35.0 Å². The lowest BCUT2D eigenvalue weighted by atomic mass is 9.98. The second kappa shape index (κ2) is 10.4. The lowest BCUT2D eigenvalue weighted by Gasteiger charge is -2.07. The van der Waals surface area contributed by atoms with Gasteiger partial charge in [-0.05, 0) is 40.8 Å². The summed E-state index contributed by atoms with van der Waals surface area (Å²) >= 11 is 0. The molecule has 0 aliphatic heterocycles. The SMILES string of the molecule is c1ccc(-c2ccccc2-c2cn(CCc3ccc(Cn4cc(-c5cccnc5)nn4)cc3)nn2)cc1. The topological polar surface area (TPSA) is 74.3 Å². The molecule has 3 aromatic carbocycles. The highest BCUT2D eigenvalue weighted by Crippen LogP contribution is 2.30. The summed E-state index contributed by atoms with van der Waals surface area (Å²) in [7, 11) is 0. The molecule has 6 aromatic rings. The minimum Gasteiger partial charge on any atom is -0.264 e. The van der Waals surface area contributed by atoms with Gasteiger partial charge in [-0.2, -0.15) is 0 Å². The lowest BCUT2D eigenvalue weighted by Crippen LogP contribution is -2.03. The molecule has 0 spiro atoms. The summed E-state index contributed by atoms with van der Waals surface area (Å²) in [6.45, 7) is 1.43. The fourth-order valence-electron chi connectivity index (χ4n) is 4.37. The number of pyridine rings is 1. The molecule has 3 aromatic heterocycles. The molecule has 3 heterocycles. The van der Waals surface area contributed by atoms with Crippen LogP contribution in [0.5, 0.6) is 0 Å². The molecular weight excluding hydrogens is 458 g/mol. The van der Waals surface area contributed by atoms with Gasteiger partial charge in [-0.25, -0.2) is 4.68 Å². The quantitative estimate of drug-likeness (QED) is 0.283. The van der Waals surface area contributed by atoms with Gasteiger partial charge in [0, 0.05) is 30.1 Å². The summed E-state index contributed by atoms with van der Waals surface area (Å²) in [6, 6.07) is 31.2. The number of aryl methyl sites for hydroxylation is 2. The van der Waals surface area contributed by atoms with Crippen LogP contribution in [-0.2, 0) is 19.5 Å². The predicted molar refractivity (Wildman–Crippen MR) is 143 cm³/mol. The second-order valence-electron chi connectivity index (χ2n) is 8.89. The first-order chi connectivity index (χ1) is 18.3. The molecule has 0 fully saturated rings. The molecular formula is C30H25N7. The highest BCUT2D eigenvalue weighted by atomic mass is 15.4. The van der Waals surface area contributed by atoms with Crippen molar-refractivity contribution < 1.29 is 0 Å². The van der Waals surface area contributed by atoms with E-state index in [2.05, 4.69) is 92.3 Å². The van der Waals surface area contributed by atoms with Crippen molar-refractivity contribution in [3.63, 3.8) is 0 Å². The molecule has 0 saturated heterocycles. The van der Waals surface area contributed by atoms with Crippen molar-refractivity contribution in [3.8, 4) is 33.6 Å². The predicted octanol–water partition coefficient (Wildman–Crippen LogP) is 5.56. The average Bonchev–Trinajstić information content (AvgIpc) is 3.64. The zero-order valence-electron chi connectivity index (χ0n) is 20.2. The number of aromatic nitrogens is 7. The maximum absolute atomic E-state index is 4.46. The van der Waals surface area contributed by atoms with Crippen molar-refractivity contribution in [3.05, 3.63) is 127 Å². The van der Waals surface area contributed by atoms with Gasteiger partial charge in [0.05, 0.1) is 18.9 Å². The Kier molecular flexibility index (Phi) is 6.32. The first kappa shape index (κ1) is 22.5. The van der Waals surface area contributed by atoms with Crippen molar-refractivity contribution in [2.45, 2.75) is 19.5 Å². The van der Waals surface area contributed by atoms with Crippen molar-refractivity contribution in [1.29, 1.82) is 0 Å². The molecule has 0 aliphatic rings. The van der Waals surface area contributed by atoms with Gasteiger partial charge in [0.15, 0.2) is 0 Å². The van der Waals surface area contributed by atoms with Crippen LogP contribution in [0.1, 0.15) is 11.1 Å². The fourth-order valence-corrected chi connectivity index (χ4v) is 4.37. The number of rotatable bonds is 8. The van der Waals surface area contributed by atoms with Crippen LogP contribution < -0.4 is 0 Å². The standard InChI is InChI=1S/C30H25N7/c1-2-7-25(8-3-1)27-10-4-5-11-28(27)30-22-36(34-33-30)18-16-23-12-14-24(15-13-23)20-37-21-29(32-35-37)26-9-6-17-31-19-26/h1-15,17,19,21-22H,16,18,20H2. The molecule has 0 aliphatic carbocycles. The first-order valence-corrected chi connectivity index (χ1v) is 12.3. The van der Waals surface area contributed by atoms with Crippen LogP contribution in [0, 0.1) is 0 Å². The van der Waals surface area contributed by atoms with E-state index < -0.39 is 0 Å². The first-order valence-electron chi connectivity index (χ1n) is 12.3. The van der Waals surface area contributed by atoms with E-state index >= 15 is 0 Å². The maximum atomic E-state index is 4.46. The summed E-state index contributed by atoms with van der Waals surface area (Å²) in [6.07, 6.45) is 8.40. The molecule has 0 bridgehead atoms. The molecule has 0 unspecified atom stereocenters. The van der Waals surface area contributed by atoms with E-state index in [1.165, 1.54) is 16.7 Å². The van der Waals surface area contributed by atoms with Crippen molar-refractivity contribution >= 4 is 0 Å². The molecule has 37 heavy (non-hydrogen) atoms. The minimum absolute atomic E-state index is 0.667. The van der Waals surface area contributed by atoms with Gasteiger partial charge in [-0.3, -0.25) is 9.67 Å². The molecule has 0 radical (unpaired) electrons.